The Bertz CT molecular complexity index is 1040. The number of hydrogen-bond acceptors (Lipinski definition) is 5. The van der Waals surface area contributed by atoms with Crippen LogP contribution in [0.4, 0.5) is 4.39 Å². The average molecular weight is 490 g/mol. The summed E-state index contributed by atoms with van der Waals surface area (Å²) in [6.45, 7) is 9.72. The fourth-order valence-corrected chi connectivity index (χ4v) is 3.87. The van der Waals surface area contributed by atoms with Crippen molar-refractivity contribution in [2.24, 2.45) is 11.3 Å². The van der Waals surface area contributed by atoms with Crippen LogP contribution in [0.25, 0.3) is 10.8 Å². The number of carbonyl (C=O) groups is 3. The normalized spacial score (nSPS) is 14.1. The lowest BCUT2D eigenvalue weighted by atomic mass is 9.84. The predicted octanol–water partition coefficient (Wildman–Crippen LogP) is 3.11. The molecule has 0 fully saturated rings. The molecule has 0 heterocycles. The Morgan fingerprint density at radius 1 is 1.00 bits per heavy atom. The number of ether oxygens (including phenoxy) is 1. The summed E-state index contributed by atoms with van der Waals surface area (Å²) in [6.07, 6.45) is -0.610. The summed E-state index contributed by atoms with van der Waals surface area (Å²) in [7, 11) is 0. The van der Waals surface area contributed by atoms with Gasteiger partial charge in [0, 0.05) is 13.2 Å². The highest BCUT2D eigenvalue weighted by Crippen LogP contribution is 2.24. The lowest BCUT2D eigenvalue weighted by Gasteiger charge is -2.33. The zero-order valence-corrected chi connectivity index (χ0v) is 21.0. The van der Waals surface area contributed by atoms with Crippen LogP contribution in [-0.4, -0.2) is 48.2 Å². The molecule has 2 rings (SSSR count). The molecule has 2 aromatic carbocycles. The molecular weight excluding hydrogens is 453 g/mol. The van der Waals surface area contributed by atoms with Crippen molar-refractivity contribution in [3.63, 3.8) is 0 Å². The fourth-order valence-electron chi connectivity index (χ4n) is 3.87. The van der Waals surface area contributed by atoms with Crippen LogP contribution in [-0.2, 0) is 25.5 Å². The molecule has 0 saturated carbocycles. The molecule has 2 aromatic rings. The Morgan fingerprint density at radius 2 is 1.66 bits per heavy atom. The average Bonchev–Trinajstić information content (AvgIpc) is 2.80. The van der Waals surface area contributed by atoms with Gasteiger partial charge in [0.15, 0.2) is 0 Å². The summed E-state index contributed by atoms with van der Waals surface area (Å²) in [5, 5.41) is 16.3. The number of likely N-dealkylation sites (N-methyl/N-ethyl adjacent to an activating group) is 1. The van der Waals surface area contributed by atoms with Crippen LogP contribution in [0.2, 0.25) is 0 Å². The molecule has 3 atom stereocenters. The van der Waals surface area contributed by atoms with Crippen LogP contribution >= 0.6 is 0 Å². The van der Waals surface area contributed by atoms with E-state index in [0.29, 0.717) is 23.9 Å². The zero-order valence-electron chi connectivity index (χ0n) is 21.0. The molecule has 0 saturated heterocycles. The van der Waals surface area contributed by atoms with Crippen LogP contribution in [0, 0.1) is 17.2 Å². The molecule has 0 unspecified atom stereocenters. The van der Waals surface area contributed by atoms with Crippen molar-refractivity contribution in [1.29, 1.82) is 0 Å². The van der Waals surface area contributed by atoms with Gasteiger partial charge in [-0.05, 0) is 53.6 Å². The first kappa shape index (κ1) is 28.2. The van der Waals surface area contributed by atoms with Crippen molar-refractivity contribution in [2.75, 3.05) is 13.2 Å². The van der Waals surface area contributed by atoms with Crippen molar-refractivity contribution in [1.82, 2.24) is 16.1 Å². The second-order valence-electron chi connectivity index (χ2n) is 9.61. The fraction of sp³-hybridized carbons (Fsp3) is 0.500. The first-order valence-electron chi connectivity index (χ1n) is 11.8. The minimum Gasteiger partial charge on any atom is -0.367 e. The maximum absolute atomic E-state index is 13.6. The predicted molar refractivity (Wildman–Crippen MR) is 131 cm³/mol. The van der Waals surface area contributed by atoms with Gasteiger partial charge in [0.2, 0.25) is 11.8 Å². The van der Waals surface area contributed by atoms with Gasteiger partial charge >= 0.3 is 0 Å². The van der Waals surface area contributed by atoms with E-state index in [4.69, 9.17) is 4.74 Å². The Balaban J connectivity index is 2.45. The molecule has 192 valence electrons. The quantitative estimate of drug-likeness (QED) is 0.286. The zero-order chi connectivity index (χ0) is 26.2. The number of fused-ring (bicyclic) bond motifs is 1. The molecule has 0 spiro atoms. The minimum atomic E-state index is -1.29. The van der Waals surface area contributed by atoms with E-state index in [0.717, 1.165) is 5.39 Å². The molecule has 0 aliphatic carbocycles. The van der Waals surface area contributed by atoms with E-state index in [1.165, 1.54) is 12.1 Å². The van der Waals surface area contributed by atoms with Crippen LogP contribution in [0.5, 0.6) is 0 Å². The summed E-state index contributed by atoms with van der Waals surface area (Å²) in [6, 6.07) is 8.84. The lowest BCUT2D eigenvalue weighted by molar-refractivity contribution is -0.151. The van der Waals surface area contributed by atoms with Crippen LogP contribution in [0.1, 0.15) is 46.6 Å². The van der Waals surface area contributed by atoms with Gasteiger partial charge < -0.3 is 15.4 Å². The van der Waals surface area contributed by atoms with Crippen molar-refractivity contribution in [2.45, 2.75) is 59.6 Å². The van der Waals surface area contributed by atoms with Crippen LogP contribution < -0.4 is 16.1 Å². The topological polar surface area (TPSA) is 117 Å². The van der Waals surface area contributed by atoms with Gasteiger partial charge in [-0.2, -0.15) is 0 Å². The molecule has 0 radical (unpaired) electrons. The molecule has 8 nitrogen and oxygen atoms in total. The van der Waals surface area contributed by atoms with Gasteiger partial charge in [0.1, 0.15) is 18.0 Å². The molecule has 9 heteroatoms. The Hall–Kier alpha value is -3.04. The smallest absolute Gasteiger partial charge is 0.273 e. The van der Waals surface area contributed by atoms with Gasteiger partial charge in [-0.25, -0.2) is 9.87 Å². The van der Waals surface area contributed by atoms with Crippen molar-refractivity contribution >= 4 is 28.5 Å². The summed E-state index contributed by atoms with van der Waals surface area (Å²) in [5.41, 5.74) is 1.70. The first-order valence-corrected chi connectivity index (χ1v) is 11.8. The molecule has 3 amide bonds. The Morgan fingerprint density at radius 3 is 2.26 bits per heavy atom. The third-order valence-corrected chi connectivity index (χ3v) is 5.66. The number of amides is 3. The number of hydrogen-bond donors (Lipinski definition) is 4. The van der Waals surface area contributed by atoms with Crippen LogP contribution in [0.15, 0.2) is 36.4 Å². The lowest BCUT2D eigenvalue weighted by Crippen LogP contribution is -2.57. The molecule has 4 N–H and O–H groups in total. The summed E-state index contributed by atoms with van der Waals surface area (Å²) >= 11 is 0. The van der Waals surface area contributed by atoms with Gasteiger partial charge in [0.25, 0.3) is 5.91 Å². The van der Waals surface area contributed by atoms with Crippen molar-refractivity contribution in [3.05, 3.63) is 47.8 Å². The molecule has 0 bridgehead atoms. The highest BCUT2D eigenvalue weighted by Gasteiger charge is 2.39. The summed E-state index contributed by atoms with van der Waals surface area (Å²) in [4.78, 5) is 38.8. The van der Waals surface area contributed by atoms with E-state index in [-0.39, 0.29) is 24.8 Å². The summed E-state index contributed by atoms with van der Waals surface area (Å²) in [5.74, 6) is -3.15. The molecule has 0 aliphatic rings. The van der Waals surface area contributed by atoms with E-state index in [2.05, 4.69) is 10.6 Å². The van der Waals surface area contributed by atoms with Gasteiger partial charge in [-0.1, -0.05) is 52.0 Å². The van der Waals surface area contributed by atoms with Gasteiger partial charge in [-0.3, -0.25) is 19.6 Å². The van der Waals surface area contributed by atoms with E-state index >= 15 is 0 Å². The van der Waals surface area contributed by atoms with Gasteiger partial charge in [0.05, 0.1) is 5.92 Å². The summed E-state index contributed by atoms with van der Waals surface area (Å²) < 4.78 is 19.3. The maximum Gasteiger partial charge on any atom is 0.273 e. The number of benzene rings is 2. The molecule has 0 aliphatic heterocycles. The van der Waals surface area contributed by atoms with E-state index in [9.17, 15) is 24.0 Å². The second kappa shape index (κ2) is 12.6. The highest BCUT2D eigenvalue weighted by molar-refractivity contribution is 5.93. The van der Waals surface area contributed by atoms with Crippen molar-refractivity contribution < 1.29 is 28.7 Å². The van der Waals surface area contributed by atoms with Gasteiger partial charge in [-0.15, -0.1) is 0 Å². The monoisotopic (exact) mass is 489 g/mol. The van der Waals surface area contributed by atoms with E-state index in [1.807, 2.05) is 33.8 Å². The van der Waals surface area contributed by atoms with E-state index in [1.54, 1.807) is 30.6 Å². The number of hydroxylamine groups is 1. The number of rotatable bonds is 11. The number of halogens is 1. The second-order valence-corrected chi connectivity index (χ2v) is 9.61. The SMILES string of the molecule is CCCO[C@H](C(=O)NO)[C@@H](Cc1ccc2cc(F)ccc2c1)C(=O)N[C@H](C(=O)NCC)C(C)(C)C. The maximum atomic E-state index is 13.6. The highest BCUT2D eigenvalue weighted by atomic mass is 19.1. The number of nitrogens with one attached hydrogen (secondary N) is 3. The van der Waals surface area contributed by atoms with Crippen molar-refractivity contribution in [3.8, 4) is 0 Å². The molecular formula is C26H36FN3O5. The van der Waals surface area contributed by atoms with E-state index < -0.39 is 35.3 Å². The standard InChI is InChI=1S/C26H36FN3O5/c1-6-12-35-21(24(32)30-34)20(23(31)29-22(26(3,4)5)25(33)28-7-2)14-16-8-9-18-15-19(27)11-10-17(18)13-16/h8-11,13,15,20-22,34H,6-7,12,14H2,1-5H3,(H,28,33)(H,29,31)(H,30,32)/t20-,21+,22-/m1/s1. The minimum absolute atomic E-state index is 0.0905. The largest absolute Gasteiger partial charge is 0.367 e. The van der Waals surface area contributed by atoms with Crippen LogP contribution in [0.3, 0.4) is 0 Å². The Labute approximate surface area is 205 Å². The third kappa shape index (κ3) is 7.73. The molecule has 0 aromatic heterocycles. The molecule has 35 heavy (non-hydrogen) atoms. The number of carbonyl (C=O) groups excluding carboxylic acids is 3. The first-order chi connectivity index (χ1) is 16.5. The third-order valence-electron chi connectivity index (χ3n) is 5.66. The Kier molecular flexibility index (Phi) is 10.2.